The van der Waals surface area contributed by atoms with Crippen LogP contribution in [-0.4, -0.2) is 40.1 Å². The van der Waals surface area contributed by atoms with Gasteiger partial charge in [-0.1, -0.05) is 6.92 Å². The van der Waals surface area contributed by atoms with Crippen LogP contribution in [0.25, 0.3) is 0 Å². The molecule has 0 aromatic carbocycles. The molecule has 0 bridgehead atoms. The molecule has 7 heteroatoms. The molecule has 0 saturated heterocycles. The SMILES string of the molecule is COc1nc(Cl)nc(NCC(C)SC)n1. The van der Waals surface area contributed by atoms with Crippen LogP contribution in [0.15, 0.2) is 0 Å². The Morgan fingerprint density at radius 1 is 1.47 bits per heavy atom. The van der Waals surface area contributed by atoms with Crippen molar-refractivity contribution in [1.29, 1.82) is 0 Å². The monoisotopic (exact) mass is 248 g/mol. The summed E-state index contributed by atoms with van der Waals surface area (Å²) in [6.45, 7) is 2.88. The maximum atomic E-state index is 5.69. The molecule has 1 unspecified atom stereocenters. The van der Waals surface area contributed by atoms with Gasteiger partial charge in [0.15, 0.2) is 0 Å². The van der Waals surface area contributed by atoms with Gasteiger partial charge in [-0.2, -0.15) is 26.7 Å². The van der Waals surface area contributed by atoms with Gasteiger partial charge in [-0.15, -0.1) is 0 Å². The molecule has 0 aliphatic carbocycles. The van der Waals surface area contributed by atoms with Crippen molar-refractivity contribution in [3.8, 4) is 6.01 Å². The Balaban J connectivity index is 2.64. The number of ether oxygens (including phenoxy) is 1. The topological polar surface area (TPSA) is 59.9 Å². The van der Waals surface area contributed by atoms with Crippen LogP contribution in [0.3, 0.4) is 0 Å². The first-order valence-electron chi connectivity index (χ1n) is 4.38. The lowest BCUT2D eigenvalue weighted by Gasteiger charge is -2.09. The van der Waals surface area contributed by atoms with Gasteiger partial charge in [0.2, 0.25) is 11.2 Å². The molecule has 15 heavy (non-hydrogen) atoms. The van der Waals surface area contributed by atoms with Crippen molar-refractivity contribution in [2.24, 2.45) is 0 Å². The molecule has 0 fully saturated rings. The van der Waals surface area contributed by atoms with Crippen LogP contribution in [0.5, 0.6) is 6.01 Å². The molecule has 1 aromatic rings. The second-order valence-corrected chi connectivity index (χ2v) is 4.46. The molecule has 1 atom stereocenters. The number of hydrogen-bond donors (Lipinski definition) is 1. The standard InChI is InChI=1S/C8H13ClN4OS/c1-5(15-3)4-10-7-11-6(9)12-8(13-7)14-2/h5H,4H2,1-3H3,(H,10,11,12,13). The van der Waals surface area contributed by atoms with E-state index in [4.69, 9.17) is 16.3 Å². The van der Waals surface area contributed by atoms with E-state index in [1.54, 1.807) is 11.8 Å². The first-order valence-corrected chi connectivity index (χ1v) is 6.04. The number of methoxy groups -OCH3 is 1. The lowest BCUT2D eigenvalue weighted by molar-refractivity contribution is 0.379. The Morgan fingerprint density at radius 2 is 2.20 bits per heavy atom. The van der Waals surface area contributed by atoms with Crippen molar-refractivity contribution >= 4 is 29.3 Å². The average Bonchev–Trinajstić information content (AvgIpc) is 2.25. The van der Waals surface area contributed by atoms with Gasteiger partial charge in [0.1, 0.15) is 0 Å². The number of rotatable bonds is 5. The number of nitrogens with zero attached hydrogens (tertiary/aromatic N) is 3. The number of halogens is 1. The summed E-state index contributed by atoms with van der Waals surface area (Å²) >= 11 is 7.45. The lowest BCUT2D eigenvalue weighted by Crippen LogP contribution is -2.15. The molecule has 1 heterocycles. The van der Waals surface area contributed by atoms with Crippen LogP contribution >= 0.6 is 23.4 Å². The molecule has 1 rings (SSSR count). The van der Waals surface area contributed by atoms with E-state index in [0.717, 1.165) is 6.54 Å². The Kier molecular flexibility index (Phi) is 4.90. The zero-order valence-corrected chi connectivity index (χ0v) is 10.4. The first kappa shape index (κ1) is 12.3. The quantitative estimate of drug-likeness (QED) is 0.856. The molecule has 0 spiro atoms. The summed E-state index contributed by atoms with van der Waals surface area (Å²) in [6, 6.07) is 0.217. The fraction of sp³-hybridized carbons (Fsp3) is 0.625. The molecular weight excluding hydrogens is 236 g/mol. The summed E-state index contributed by atoms with van der Waals surface area (Å²) in [6.07, 6.45) is 2.05. The molecule has 0 aliphatic rings. The predicted molar refractivity (Wildman–Crippen MR) is 62.9 cm³/mol. The molecule has 0 saturated carbocycles. The van der Waals surface area contributed by atoms with E-state index in [1.807, 2.05) is 6.26 Å². The second-order valence-electron chi connectivity index (χ2n) is 2.84. The van der Waals surface area contributed by atoms with Crippen molar-refractivity contribution in [2.45, 2.75) is 12.2 Å². The Bertz CT molecular complexity index is 326. The fourth-order valence-corrected chi connectivity index (χ4v) is 1.22. The van der Waals surface area contributed by atoms with Gasteiger partial charge in [0.05, 0.1) is 7.11 Å². The highest BCUT2D eigenvalue weighted by Gasteiger charge is 2.05. The van der Waals surface area contributed by atoms with Crippen molar-refractivity contribution < 1.29 is 4.74 Å². The van der Waals surface area contributed by atoms with Crippen LogP contribution in [0, 0.1) is 0 Å². The summed E-state index contributed by atoms with van der Waals surface area (Å²) in [7, 11) is 1.49. The van der Waals surface area contributed by atoms with Gasteiger partial charge in [-0.05, 0) is 17.9 Å². The van der Waals surface area contributed by atoms with E-state index in [9.17, 15) is 0 Å². The minimum atomic E-state index is 0.126. The smallest absolute Gasteiger partial charge is 0.322 e. The lowest BCUT2D eigenvalue weighted by atomic mass is 10.5. The van der Waals surface area contributed by atoms with Gasteiger partial charge in [0.25, 0.3) is 0 Å². The van der Waals surface area contributed by atoms with Crippen molar-refractivity contribution in [3.05, 3.63) is 5.28 Å². The van der Waals surface area contributed by atoms with Crippen LogP contribution in [-0.2, 0) is 0 Å². The van der Waals surface area contributed by atoms with Crippen LogP contribution < -0.4 is 10.1 Å². The van der Waals surface area contributed by atoms with Crippen molar-refractivity contribution in [1.82, 2.24) is 15.0 Å². The van der Waals surface area contributed by atoms with Gasteiger partial charge in [-0.25, -0.2) is 0 Å². The summed E-state index contributed by atoms with van der Waals surface area (Å²) in [5.41, 5.74) is 0. The number of aromatic nitrogens is 3. The highest BCUT2D eigenvalue weighted by Crippen LogP contribution is 2.12. The van der Waals surface area contributed by atoms with Gasteiger partial charge in [0, 0.05) is 11.8 Å². The number of hydrogen-bond acceptors (Lipinski definition) is 6. The minimum Gasteiger partial charge on any atom is -0.467 e. The summed E-state index contributed by atoms with van der Waals surface area (Å²) < 4.78 is 4.88. The van der Waals surface area contributed by atoms with E-state index in [0.29, 0.717) is 11.2 Å². The molecule has 1 N–H and O–H groups in total. The highest BCUT2D eigenvalue weighted by atomic mass is 35.5. The molecule has 84 valence electrons. The highest BCUT2D eigenvalue weighted by molar-refractivity contribution is 7.99. The van der Waals surface area contributed by atoms with Gasteiger partial charge >= 0.3 is 6.01 Å². The Labute approximate surface area is 98.0 Å². The Morgan fingerprint density at radius 3 is 2.80 bits per heavy atom. The predicted octanol–water partition coefficient (Wildman–Crippen LogP) is 1.70. The third-order valence-corrected chi connectivity index (χ3v) is 2.86. The van der Waals surface area contributed by atoms with E-state index in [1.165, 1.54) is 7.11 Å². The summed E-state index contributed by atoms with van der Waals surface area (Å²) in [5, 5.41) is 3.67. The number of anilines is 1. The molecule has 1 aromatic heterocycles. The van der Waals surface area contributed by atoms with Crippen molar-refractivity contribution in [3.63, 3.8) is 0 Å². The molecule has 0 aliphatic heterocycles. The molecular formula is C8H13ClN4OS. The van der Waals surface area contributed by atoms with Crippen LogP contribution in [0.4, 0.5) is 5.95 Å². The minimum absolute atomic E-state index is 0.126. The van der Waals surface area contributed by atoms with Crippen LogP contribution in [0.1, 0.15) is 6.92 Å². The maximum Gasteiger partial charge on any atom is 0.322 e. The van der Waals surface area contributed by atoms with E-state index in [-0.39, 0.29) is 11.3 Å². The maximum absolute atomic E-state index is 5.69. The Hall–Kier alpha value is -0.750. The van der Waals surface area contributed by atoms with Gasteiger partial charge < -0.3 is 10.1 Å². The third-order valence-electron chi connectivity index (χ3n) is 1.72. The zero-order chi connectivity index (χ0) is 11.3. The zero-order valence-electron chi connectivity index (χ0n) is 8.82. The third kappa shape index (κ3) is 4.09. The number of thioether (sulfide) groups is 1. The van der Waals surface area contributed by atoms with E-state index in [2.05, 4.69) is 27.2 Å². The normalized spacial score (nSPS) is 12.3. The van der Waals surface area contributed by atoms with Crippen LogP contribution in [0.2, 0.25) is 5.28 Å². The summed E-state index contributed by atoms with van der Waals surface area (Å²) in [5.74, 6) is 0.438. The van der Waals surface area contributed by atoms with Gasteiger partial charge in [-0.3, -0.25) is 0 Å². The van der Waals surface area contributed by atoms with Crippen molar-refractivity contribution in [2.75, 3.05) is 25.2 Å². The molecule has 0 radical (unpaired) electrons. The molecule has 0 amide bonds. The largest absolute Gasteiger partial charge is 0.467 e. The number of nitrogens with one attached hydrogen (secondary N) is 1. The fourth-order valence-electron chi connectivity index (χ4n) is 0.821. The second kappa shape index (κ2) is 5.97. The first-order chi connectivity index (χ1) is 7.15. The van der Waals surface area contributed by atoms with E-state index < -0.39 is 0 Å². The average molecular weight is 249 g/mol. The molecule has 5 nitrogen and oxygen atoms in total. The summed E-state index contributed by atoms with van der Waals surface area (Å²) in [4.78, 5) is 11.7. The van der Waals surface area contributed by atoms with E-state index >= 15 is 0 Å².